The van der Waals surface area contributed by atoms with Gasteiger partial charge in [-0.05, 0) is 13.0 Å². The number of benzene rings is 1. The summed E-state index contributed by atoms with van der Waals surface area (Å²) >= 11 is 7.51. The smallest absolute Gasteiger partial charge is 0.135 e. The quantitative estimate of drug-likeness (QED) is 0.797. The molecular weight excluding hydrogens is 256 g/mol. The summed E-state index contributed by atoms with van der Waals surface area (Å²) in [6.07, 6.45) is 0.727. The van der Waals surface area contributed by atoms with Gasteiger partial charge in [0.2, 0.25) is 0 Å². The molecule has 1 heterocycles. The molecule has 3 nitrogen and oxygen atoms in total. The van der Waals surface area contributed by atoms with Crippen LogP contribution < -0.4 is 4.74 Å². The molecule has 0 amide bonds. The second-order valence-corrected chi connectivity index (χ2v) is 5.39. The second kappa shape index (κ2) is 5.47. The number of alkyl halides is 1. The number of rotatable bonds is 4. The summed E-state index contributed by atoms with van der Waals surface area (Å²) in [5.41, 5.74) is 1.11. The first-order chi connectivity index (χ1) is 8.20. The number of aromatic nitrogens is 2. The van der Waals surface area contributed by atoms with E-state index < -0.39 is 0 Å². The van der Waals surface area contributed by atoms with E-state index in [9.17, 15) is 0 Å². The third-order valence-corrected chi connectivity index (χ3v) is 3.80. The van der Waals surface area contributed by atoms with E-state index in [0.29, 0.717) is 0 Å². The predicted molar refractivity (Wildman–Crippen MR) is 70.0 cm³/mol. The third-order valence-electron chi connectivity index (χ3n) is 2.36. The molecule has 0 aliphatic rings. The SMILES string of the molecule is COc1ccccc1Cc1nnc(C(C)Cl)s1. The van der Waals surface area contributed by atoms with Crippen LogP contribution in [0.15, 0.2) is 24.3 Å². The van der Waals surface area contributed by atoms with Crippen LogP contribution in [0.1, 0.15) is 27.9 Å². The van der Waals surface area contributed by atoms with E-state index in [2.05, 4.69) is 10.2 Å². The maximum Gasteiger partial charge on any atom is 0.135 e. The predicted octanol–water partition coefficient (Wildman–Crippen LogP) is 3.44. The van der Waals surface area contributed by atoms with Crippen LogP contribution in [0.4, 0.5) is 0 Å². The fourth-order valence-electron chi connectivity index (χ4n) is 1.51. The zero-order valence-electron chi connectivity index (χ0n) is 9.68. The molecule has 0 saturated carbocycles. The van der Waals surface area contributed by atoms with Crippen molar-refractivity contribution in [3.8, 4) is 5.75 Å². The molecule has 0 radical (unpaired) electrons. The maximum atomic E-state index is 5.96. The van der Waals surface area contributed by atoms with E-state index in [-0.39, 0.29) is 5.38 Å². The zero-order valence-corrected chi connectivity index (χ0v) is 11.3. The van der Waals surface area contributed by atoms with E-state index >= 15 is 0 Å². The van der Waals surface area contributed by atoms with Crippen molar-refractivity contribution in [1.82, 2.24) is 10.2 Å². The average molecular weight is 269 g/mol. The Morgan fingerprint density at radius 1 is 1.35 bits per heavy atom. The lowest BCUT2D eigenvalue weighted by atomic mass is 10.1. The molecule has 1 aromatic carbocycles. The molecule has 0 saturated heterocycles. The van der Waals surface area contributed by atoms with Crippen LogP contribution >= 0.6 is 22.9 Å². The summed E-state index contributed by atoms with van der Waals surface area (Å²) < 4.78 is 5.30. The van der Waals surface area contributed by atoms with Crippen molar-refractivity contribution < 1.29 is 4.74 Å². The number of ether oxygens (including phenoxy) is 1. The molecule has 0 fully saturated rings. The molecule has 2 rings (SSSR count). The third kappa shape index (κ3) is 2.96. The summed E-state index contributed by atoms with van der Waals surface area (Å²) in [7, 11) is 1.67. The van der Waals surface area contributed by atoms with Crippen molar-refractivity contribution in [3.63, 3.8) is 0 Å². The van der Waals surface area contributed by atoms with Crippen LogP contribution in [0.3, 0.4) is 0 Å². The minimum Gasteiger partial charge on any atom is -0.496 e. The van der Waals surface area contributed by atoms with Crippen molar-refractivity contribution in [2.75, 3.05) is 7.11 Å². The summed E-state index contributed by atoms with van der Waals surface area (Å²) in [6.45, 7) is 1.90. The van der Waals surface area contributed by atoms with Gasteiger partial charge in [-0.2, -0.15) is 0 Å². The number of hydrogen-bond acceptors (Lipinski definition) is 4. The first kappa shape index (κ1) is 12.3. The van der Waals surface area contributed by atoms with E-state index in [1.165, 1.54) is 0 Å². The van der Waals surface area contributed by atoms with Gasteiger partial charge < -0.3 is 4.74 Å². The number of methoxy groups -OCH3 is 1. The van der Waals surface area contributed by atoms with Crippen LogP contribution in [0, 0.1) is 0 Å². The van der Waals surface area contributed by atoms with Gasteiger partial charge in [-0.15, -0.1) is 21.8 Å². The molecule has 17 heavy (non-hydrogen) atoms. The van der Waals surface area contributed by atoms with Gasteiger partial charge in [0.1, 0.15) is 15.8 Å². The number of halogens is 1. The Morgan fingerprint density at radius 2 is 2.12 bits per heavy atom. The Bertz CT molecular complexity index is 499. The minimum atomic E-state index is -0.0843. The normalized spacial score (nSPS) is 12.4. The van der Waals surface area contributed by atoms with Gasteiger partial charge in [0.05, 0.1) is 12.5 Å². The lowest BCUT2D eigenvalue weighted by molar-refractivity contribution is 0.410. The molecule has 1 unspecified atom stereocenters. The van der Waals surface area contributed by atoms with Crippen LogP contribution in [-0.4, -0.2) is 17.3 Å². The summed E-state index contributed by atoms with van der Waals surface area (Å²) in [4.78, 5) is 0. The van der Waals surface area contributed by atoms with Gasteiger partial charge >= 0.3 is 0 Å². The molecule has 1 atom stereocenters. The van der Waals surface area contributed by atoms with Gasteiger partial charge in [0, 0.05) is 12.0 Å². The highest BCUT2D eigenvalue weighted by Gasteiger charge is 2.11. The molecule has 0 bridgehead atoms. The van der Waals surface area contributed by atoms with Gasteiger partial charge in [-0.1, -0.05) is 29.5 Å². The lowest BCUT2D eigenvalue weighted by Gasteiger charge is -2.05. The Balaban J connectivity index is 2.19. The molecule has 0 N–H and O–H groups in total. The Morgan fingerprint density at radius 3 is 2.76 bits per heavy atom. The summed E-state index contributed by atoms with van der Waals surface area (Å²) in [5.74, 6) is 0.878. The summed E-state index contributed by atoms with van der Waals surface area (Å²) in [6, 6.07) is 7.92. The molecular formula is C12H13ClN2OS. The highest BCUT2D eigenvalue weighted by atomic mass is 35.5. The highest BCUT2D eigenvalue weighted by molar-refractivity contribution is 7.11. The Labute approximate surface area is 109 Å². The molecule has 2 aromatic rings. The van der Waals surface area contributed by atoms with E-state index in [1.54, 1.807) is 18.4 Å². The van der Waals surface area contributed by atoms with Gasteiger partial charge in [-0.25, -0.2) is 0 Å². The van der Waals surface area contributed by atoms with E-state index in [0.717, 1.165) is 27.7 Å². The Kier molecular flexibility index (Phi) is 3.97. The van der Waals surface area contributed by atoms with Crippen molar-refractivity contribution in [2.24, 2.45) is 0 Å². The molecule has 90 valence electrons. The standard InChI is InChI=1S/C12H13ClN2OS/c1-8(13)12-15-14-11(17-12)7-9-5-3-4-6-10(9)16-2/h3-6,8H,7H2,1-2H3. The van der Waals surface area contributed by atoms with Crippen LogP contribution in [0.25, 0.3) is 0 Å². The van der Waals surface area contributed by atoms with Crippen LogP contribution in [0.5, 0.6) is 5.75 Å². The van der Waals surface area contributed by atoms with Gasteiger partial charge in [0.25, 0.3) is 0 Å². The van der Waals surface area contributed by atoms with Gasteiger partial charge in [-0.3, -0.25) is 0 Å². The number of hydrogen-bond donors (Lipinski definition) is 0. The molecule has 0 aliphatic carbocycles. The fourth-order valence-corrected chi connectivity index (χ4v) is 2.48. The van der Waals surface area contributed by atoms with E-state index in [4.69, 9.17) is 16.3 Å². The highest BCUT2D eigenvalue weighted by Crippen LogP contribution is 2.26. The minimum absolute atomic E-state index is 0.0843. The summed E-state index contributed by atoms with van der Waals surface area (Å²) in [5, 5.41) is 9.93. The molecule has 0 aliphatic heterocycles. The van der Waals surface area contributed by atoms with Crippen molar-refractivity contribution in [2.45, 2.75) is 18.7 Å². The van der Waals surface area contributed by atoms with Crippen molar-refractivity contribution in [1.29, 1.82) is 0 Å². The molecule has 0 spiro atoms. The molecule has 1 aromatic heterocycles. The topological polar surface area (TPSA) is 35.0 Å². The van der Waals surface area contributed by atoms with Gasteiger partial charge in [0.15, 0.2) is 0 Å². The number of para-hydroxylation sites is 1. The Hall–Kier alpha value is -1.13. The first-order valence-electron chi connectivity index (χ1n) is 5.29. The largest absolute Gasteiger partial charge is 0.496 e. The fraction of sp³-hybridized carbons (Fsp3) is 0.333. The van der Waals surface area contributed by atoms with Crippen LogP contribution in [0.2, 0.25) is 0 Å². The lowest BCUT2D eigenvalue weighted by Crippen LogP contribution is -1.92. The second-order valence-electron chi connectivity index (χ2n) is 3.64. The first-order valence-corrected chi connectivity index (χ1v) is 6.54. The van der Waals surface area contributed by atoms with E-state index in [1.807, 2.05) is 31.2 Å². The molecule has 5 heteroatoms. The number of nitrogens with zero attached hydrogens (tertiary/aromatic N) is 2. The maximum absolute atomic E-state index is 5.96. The van der Waals surface area contributed by atoms with Crippen LogP contribution in [-0.2, 0) is 6.42 Å². The zero-order chi connectivity index (χ0) is 12.3. The monoisotopic (exact) mass is 268 g/mol. The average Bonchev–Trinajstić information content (AvgIpc) is 2.78. The van der Waals surface area contributed by atoms with Crippen molar-refractivity contribution >= 4 is 22.9 Å². The van der Waals surface area contributed by atoms with Crippen molar-refractivity contribution in [3.05, 3.63) is 39.8 Å².